The van der Waals surface area contributed by atoms with Crippen LogP contribution in [0.25, 0.3) is 0 Å². The summed E-state index contributed by atoms with van der Waals surface area (Å²) in [4.78, 5) is 27.7. The number of urea groups is 1. The lowest BCUT2D eigenvalue weighted by Crippen LogP contribution is -2.46. The van der Waals surface area contributed by atoms with Crippen molar-refractivity contribution in [3.63, 3.8) is 0 Å². The number of carbonyl (C=O) groups is 2. The molecule has 0 unspecified atom stereocenters. The molecular weight excluding hydrogens is 348 g/mol. The van der Waals surface area contributed by atoms with Crippen molar-refractivity contribution in [1.82, 2.24) is 10.2 Å². The minimum atomic E-state index is -1.09. The van der Waals surface area contributed by atoms with Gasteiger partial charge in [-0.05, 0) is 23.6 Å². The number of benzene rings is 3. The maximum atomic E-state index is 13.6. The van der Waals surface area contributed by atoms with Gasteiger partial charge in [0, 0.05) is 6.42 Å². The van der Waals surface area contributed by atoms with Crippen molar-refractivity contribution >= 4 is 11.9 Å². The number of aryl methyl sites for hydroxylation is 1. The third-order valence-electron chi connectivity index (χ3n) is 5.22. The van der Waals surface area contributed by atoms with E-state index in [1.165, 1.54) is 4.90 Å². The van der Waals surface area contributed by atoms with Crippen LogP contribution in [0.2, 0.25) is 0 Å². The predicted octanol–water partition coefficient (Wildman–Crippen LogP) is 4.19. The lowest BCUT2D eigenvalue weighted by Gasteiger charge is -2.27. The third-order valence-corrected chi connectivity index (χ3v) is 5.22. The lowest BCUT2D eigenvalue weighted by molar-refractivity contribution is -0.132. The van der Waals surface area contributed by atoms with Crippen LogP contribution in [-0.2, 0) is 23.3 Å². The Kier molecular flexibility index (Phi) is 4.70. The second-order valence-electron chi connectivity index (χ2n) is 7.24. The molecule has 0 aromatic heterocycles. The maximum Gasteiger partial charge on any atom is 0.325 e. The summed E-state index contributed by atoms with van der Waals surface area (Å²) in [6.45, 7) is 2.27. The van der Waals surface area contributed by atoms with Crippen molar-refractivity contribution in [2.75, 3.05) is 0 Å². The Morgan fingerprint density at radius 3 is 2.04 bits per heavy atom. The molecule has 3 amide bonds. The summed E-state index contributed by atoms with van der Waals surface area (Å²) in [5.41, 5.74) is 2.77. The molecule has 0 bridgehead atoms. The number of hydrogen-bond acceptors (Lipinski definition) is 2. The molecule has 0 radical (unpaired) electrons. The van der Waals surface area contributed by atoms with Gasteiger partial charge in [-0.3, -0.25) is 9.69 Å². The van der Waals surface area contributed by atoms with E-state index in [0.717, 1.165) is 22.3 Å². The molecule has 4 heteroatoms. The highest BCUT2D eigenvalue weighted by atomic mass is 16.2. The van der Waals surface area contributed by atoms with E-state index in [1.807, 2.05) is 91.9 Å². The van der Waals surface area contributed by atoms with Crippen molar-refractivity contribution in [3.8, 4) is 0 Å². The average molecular weight is 370 g/mol. The summed E-state index contributed by atoms with van der Waals surface area (Å²) in [6, 6.07) is 26.8. The Labute approximate surface area is 164 Å². The number of nitrogens with zero attached hydrogens (tertiary/aromatic N) is 1. The highest BCUT2D eigenvalue weighted by molar-refractivity contribution is 6.07. The van der Waals surface area contributed by atoms with Gasteiger partial charge < -0.3 is 5.32 Å². The van der Waals surface area contributed by atoms with Crippen LogP contribution in [0.4, 0.5) is 4.79 Å². The molecule has 1 heterocycles. The smallest absolute Gasteiger partial charge is 0.319 e. The van der Waals surface area contributed by atoms with Crippen molar-refractivity contribution < 1.29 is 9.59 Å². The number of rotatable bonds is 5. The fourth-order valence-corrected chi connectivity index (χ4v) is 3.69. The van der Waals surface area contributed by atoms with Crippen molar-refractivity contribution in [1.29, 1.82) is 0 Å². The van der Waals surface area contributed by atoms with E-state index in [-0.39, 0.29) is 18.5 Å². The quantitative estimate of drug-likeness (QED) is 0.685. The monoisotopic (exact) mass is 370 g/mol. The Morgan fingerprint density at radius 2 is 1.39 bits per heavy atom. The molecule has 0 spiro atoms. The Morgan fingerprint density at radius 1 is 0.786 bits per heavy atom. The molecule has 1 saturated heterocycles. The van der Waals surface area contributed by atoms with Crippen LogP contribution in [-0.4, -0.2) is 16.8 Å². The van der Waals surface area contributed by atoms with Crippen molar-refractivity contribution in [3.05, 3.63) is 107 Å². The van der Waals surface area contributed by atoms with E-state index >= 15 is 0 Å². The van der Waals surface area contributed by atoms with Gasteiger partial charge in [0.15, 0.2) is 5.54 Å². The van der Waals surface area contributed by atoms with Crippen LogP contribution in [0, 0.1) is 6.92 Å². The van der Waals surface area contributed by atoms with Gasteiger partial charge in [-0.25, -0.2) is 4.79 Å². The maximum absolute atomic E-state index is 13.6. The first kappa shape index (κ1) is 18.0. The van der Waals surface area contributed by atoms with Gasteiger partial charge in [0.25, 0.3) is 5.91 Å². The van der Waals surface area contributed by atoms with Crippen LogP contribution in [0.1, 0.15) is 22.3 Å². The Balaban J connectivity index is 1.71. The topological polar surface area (TPSA) is 49.4 Å². The first-order valence-corrected chi connectivity index (χ1v) is 9.38. The summed E-state index contributed by atoms with van der Waals surface area (Å²) in [5, 5.41) is 3.00. The van der Waals surface area contributed by atoms with Gasteiger partial charge in [-0.1, -0.05) is 90.5 Å². The third kappa shape index (κ3) is 3.29. The van der Waals surface area contributed by atoms with E-state index in [2.05, 4.69) is 5.32 Å². The van der Waals surface area contributed by atoms with E-state index in [0.29, 0.717) is 6.42 Å². The summed E-state index contributed by atoms with van der Waals surface area (Å²) >= 11 is 0. The molecule has 1 aliphatic rings. The molecule has 3 aromatic rings. The van der Waals surface area contributed by atoms with Gasteiger partial charge in [0.05, 0.1) is 6.54 Å². The highest BCUT2D eigenvalue weighted by Crippen LogP contribution is 2.33. The predicted molar refractivity (Wildman–Crippen MR) is 109 cm³/mol. The fourth-order valence-electron chi connectivity index (χ4n) is 3.69. The summed E-state index contributed by atoms with van der Waals surface area (Å²) < 4.78 is 0. The van der Waals surface area contributed by atoms with E-state index in [1.54, 1.807) is 0 Å². The molecule has 3 aromatic carbocycles. The largest absolute Gasteiger partial charge is 0.325 e. The molecule has 140 valence electrons. The first-order chi connectivity index (χ1) is 13.6. The van der Waals surface area contributed by atoms with Gasteiger partial charge in [0.1, 0.15) is 0 Å². The molecule has 4 rings (SSSR count). The van der Waals surface area contributed by atoms with E-state index < -0.39 is 5.54 Å². The van der Waals surface area contributed by atoms with Crippen molar-refractivity contribution in [2.24, 2.45) is 0 Å². The standard InChI is InChI=1S/C24H22N2O2/c1-18-12-14-20(15-13-18)17-26-22(27)24(25-23(26)28,21-10-6-3-7-11-21)16-19-8-4-2-5-9-19/h2-15H,16-17H2,1H3,(H,25,28)/t24-/m0/s1. The van der Waals surface area contributed by atoms with Gasteiger partial charge >= 0.3 is 6.03 Å². The van der Waals surface area contributed by atoms with Crippen LogP contribution in [0.3, 0.4) is 0 Å². The van der Waals surface area contributed by atoms with Crippen LogP contribution in [0.5, 0.6) is 0 Å². The highest BCUT2D eigenvalue weighted by Gasteiger charge is 2.52. The van der Waals surface area contributed by atoms with Crippen LogP contribution >= 0.6 is 0 Å². The van der Waals surface area contributed by atoms with E-state index in [9.17, 15) is 9.59 Å². The molecular formula is C24H22N2O2. The second kappa shape index (κ2) is 7.31. The summed E-state index contributed by atoms with van der Waals surface area (Å²) in [5.74, 6) is -0.215. The molecule has 28 heavy (non-hydrogen) atoms. The molecule has 0 saturated carbocycles. The normalized spacial score (nSPS) is 19.0. The molecule has 4 nitrogen and oxygen atoms in total. The van der Waals surface area contributed by atoms with Crippen molar-refractivity contribution in [2.45, 2.75) is 25.4 Å². The van der Waals surface area contributed by atoms with Gasteiger partial charge in [0.2, 0.25) is 0 Å². The zero-order valence-electron chi connectivity index (χ0n) is 15.8. The van der Waals surface area contributed by atoms with E-state index in [4.69, 9.17) is 0 Å². The molecule has 1 N–H and O–H groups in total. The number of amides is 3. The summed E-state index contributed by atoms with van der Waals surface area (Å²) in [7, 11) is 0. The molecule has 1 atom stereocenters. The second-order valence-corrected chi connectivity index (χ2v) is 7.24. The zero-order chi connectivity index (χ0) is 19.6. The number of nitrogens with one attached hydrogen (secondary N) is 1. The Bertz CT molecular complexity index is 984. The Hall–Kier alpha value is -3.40. The zero-order valence-corrected chi connectivity index (χ0v) is 15.8. The molecule has 1 fully saturated rings. The minimum absolute atomic E-state index is 0.215. The number of imide groups is 1. The van der Waals surface area contributed by atoms with Crippen LogP contribution in [0.15, 0.2) is 84.9 Å². The number of hydrogen-bond donors (Lipinski definition) is 1. The van der Waals surface area contributed by atoms with Crippen LogP contribution < -0.4 is 5.32 Å². The number of carbonyl (C=O) groups excluding carboxylic acids is 2. The molecule has 0 aliphatic carbocycles. The summed E-state index contributed by atoms with van der Waals surface area (Å²) in [6.07, 6.45) is 0.410. The lowest BCUT2D eigenvalue weighted by atomic mass is 9.83. The van der Waals surface area contributed by atoms with Gasteiger partial charge in [-0.15, -0.1) is 0 Å². The SMILES string of the molecule is Cc1ccc(CN2C(=O)N[C@@](Cc3ccccc3)(c3ccccc3)C2=O)cc1. The minimum Gasteiger partial charge on any atom is -0.319 e. The van der Waals surface area contributed by atoms with Gasteiger partial charge in [-0.2, -0.15) is 0 Å². The molecule has 1 aliphatic heterocycles. The first-order valence-electron chi connectivity index (χ1n) is 9.38. The average Bonchev–Trinajstić information content (AvgIpc) is 2.96. The fraction of sp³-hybridized carbons (Fsp3) is 0.167.